The lowest BCUT2D eigenvalue weighted by atomic mass is 10.2. The Morgan fingerprint density at radius 1 is 1.41 bits per heavy atom. The van der Waals surface area contributed by atoms with Crippen LogP contribution >= 0.6 is 0 Å². The summed E-state index contributed by atoms with van der Waals surface area (Å²) in [5.41, 5.74) is 2.56. The van der Waals surface area contributed by atoms with Crippen molar-refractivity contribution < 1.29 is 0 Å². The van der Waals surface area contributed by atoms with Gasteiger partial charge in [-0.2, -0.15) is 4.80 Å². The molecule has 0 spiro atoms. The molecule has 2 aromatic rings. The molecule has 0 aliphatic rings. The maximum Gasteiger partial charge on any atom is 0.194 e. The molecule has 0 aliphatic heterocycles. The summed E-state index contributed by atoms with van der Waals surface area (Å²) < 4.78 is 2.14. The third kappa shape index (κ3) is 2.71. The quantitative estimate of drug-likeness (QED) is 0.817. The Kier molecular flexibility index (Phi) is 3.53. The topological polar surface area (TPSA) is 60.6 Å². The molecule has 0 saturated heterocycles. The molecule has 0 atom stereocenters. The largest absolute Gasteiger partial charge is 0.344 e. The molecule has 0 amide bonds. The van der Waals surface area contributed by atoms with Gasteiger partial charge < -0.3 is 9.88 Å². The highest BCUT2D eigenvalue weighted by molar-refractivity contribution is 5.21. The van der Waals surface area contributed by atoms with Crippen LogP contribution in [0.3, 0.4) is 0 Å². The SMILES string of the molecule is CCNCc1ccn(Cc2nnn(C)n2)c1C. The Balaban J connectivity index is 2.09. The molecule has 6 nitrogen and oxygen atoms in total. The van der Waals surface area contributed by atoms with Gasteiger partial charge in [0.05, 0.1) is 13.6 Å². The molecule has 92 valence electrons. The van der Waals surface area contributed by atoms with Crippen molar-refractivity contribution in [3.05, 3.63) is 29.3 Å². The van der Waals surface area contributed by atoms with E-state index in [-0.39, 0.29) is 0 Å². The molecule has 17 heavy (non-hydrogen) atoms. The van der Waals surface area contributed by atoms with Crippen LogP contribution in [0.5, 0.6) is 0 Å². The maximum atomic E-state index is 4.18. The predicted octanol–water partition coefficient (Wildman–Crippen LogP) is 0.478. The van der Waals surface area contributed by atoms with Gasteiger partial charge in [0.2, 0.25) is 0 Å². The van der Waals surface area contributed by atoms with Gasteiger partial charge >= 0.3 is 0 Å². The minimum Gasteiger partial charge on any atom is -0.344 e. The van der Waals surface area contributed by atoms with Crippen LogP contribution in [-0.2, 0) is 20.1 Å². The van der Waals surface area contributed by atoms with Crippen LogP contribution in [0.4, 0.5) is 0 Å². The summed E-state index contributed by atoms with van der Waals surface area (Å²) in [6.07, 6.45) is 2.07. The van der Waals surface area contributed by atoms with Gasteiger partial charge in [-0.05, 0) is 30.3 Å². The van der Waals surface area contributed by atoms with Gasteiger partial charge in [-0.1, -0.05) is 6.92 Å². The van der Waals surface area contributed by atoms with Crippen LogP contribution in [0.2, 0.25) is 0 Å². The lowest BCUT2D eigenvalue weighted by Crippen LogP contribution is -2.12. The highest BCUT2D eigenvalue weighted by Crippen LogP contribution is 2.10. The van der Waals surface area contributed by atoms with E-state index in [1.807, 2.05) is 0 Å². The molecular formula is C11H18N6. The minimum absolute atomic E-state index is 0.672. The fourth-order valence-electron chi connectivity index (χ4n) is 1.75. The summed E-state index contributed by atoms with van der Waals surface area (Å²) in [6, 6.07) is 2.13. The van der Waals surface area contributed by atoms with Crippen molar-refractivity contribution in [2.45, 2.75) is 26.9 Å². The van der Waals surface area contributed by atoms with Gasteiger partial charge in [-0.3, -0.25) is 0 Å². The Morgan fingerprint density at radius 2 is 2.24 bits per heavy atom. The van der Waals surface area contributed by atoms with Crippen LogP contribution < -0.4 is 5.32 Å². The number of nitrogens with zero attached hydrogens (tertiary/aromatic N) is 5. The molecular weight excluding hydrogens is 216 g/mol. The maximum absolute atomic E-state index is 4.18. The third-order valence-electron chi connectivity index (χ3n) is 2.78. The number of rotatable bonds is 5. The van der Waals surface area contributed by atoms with E-state index in [1.54, 1.807) is 7.05 Å². The normalized spacial score (nSPS) is 11.0. The van der Waals surface area contributed by atoms with E-state index in [9.17, 15) is 0 Å². The van der Waals surface area contributed by atoms with E-state index in [2.05, 4.69) is 51.4 Å². The van der Waals surface area contributed by atoms with Crippen molar-refractivity contribution in [3.63, 3.8) is 0 Å². The van der Waals surface area contributed by atoms with Crippen LogP contribution in [0.1, 0.15) is 24.0 Å². The van der Waals surface area contributed by atoms with Gasteiger partial charge in [0.1, 0.15) is 0 Å². The molecule has 1 N–H and O–H groups in total. The van der Waals surface area contributed by atoms with Gasteiger partial charge in [0.15, 0.2) is 5.82 Å². The van der Waals surface area contributed by atoms with Crippen molar-refractivity contribution >= 4 is 0 Å². The number of aryl methyl sites for hydroxylation is 1. The second-order valence-corrected chi connectivity index (χ2v) is 4.03. The van der Waals surface area contributed by atoms with E-state index in [0.29, 0.717) is 6.54 Å². The third-order valence-corrected chi connectivity index (χ3v) is 2.78. The fourth-order valence-corrected chi connectivity index (χ4v) is 1.75. The average molecular weight is 234 g/mol. The molecule has 2 heterocycles. The number of hydrogen-bond acceptors (Lipinski definition) is 4. The van der Waals surface area contributed by atoms with Crippen LogP contribution in [0.15, 0.2) is 12.3 Å². The van der Waals surface area contributed by atoms with Crippen LogP contribution in [-0.4, -0.2) is 31.3 Å². The first kappa shape index (κ1) is 11.8. The van der Waals surface area contributed by atoms with Crippen molar-refractivity contribution in [3.8, 4) is 0 Å². The molecule has 0 saturated carbocycles. The van der Waals surface area contributed by atoms with Gasteiger partial charge in [0.25, 0.3) is 0 Å². The van der Waals surface area contributed by atoms with Crippen molar-refractivity contribution in [2.75, 3.05) is 6.54 Å². The summed E-state index contributed by atoms with van der Waals surface area (Å²) in [5.74, 6) is 0.737. The second kappa shape index (κ2) is 5.09. The standard InChI is InChI=1S/C11H18N6/c1-4-12-7-10-5-6-17(9(10)2)8-11-13-15-16(3)14-11/h5-6,12H,4,7-8H2,1-3H3. The van der Waals surface area contributed by atoms with Crippen molar-refractivity contribution in [1.29, 1.82) is 0 Å². The second-order valence-electron chi connectivity index (χ2n) is 4.03. The van der Waals surface area contributed by atoms with Crippen LogP contribution in [0.25, 0.3) is 0 Å². The molecule has 0 aliphatic carbocycles. The highest BCUT2D eigenvalue weighted by Gasteiger charge is 2.07. The monoisotopic (exact) mass is 234 g/mol. The zero-order chi connectivity index (χ0) is 12.3. The Bertz CT molecular complexity index is 484. The molecule has 0 aromatic carbocycles. The van der Waals surface area contributed by atoms with Crippen molar-refractivity contribution in [2.24, 2.45) is 7.05 Å². The van der Waals surface area contributed by atoms with E-state index >= 15 is 0 Å². The smallest absolute Gasteiger partial charge is 0.194 e. The Morgan fingerprint density at radius 3 is 2.88 bits per heavy atom. The van der Waals surface area contributed by atoms with E-state index in [4.69, 9.17) is 0 Å². The predicted molar refractivity (Wildman–Crippen MR) is 64.4 cm³/mol. The first-order valence-corrected chi connectivity index (χ1v) is 5.79. The molecule has 0 unspecified atom stereocenters. The summed E-state index contributed by atoms with van der Waals surface area (Å²) in [4.78, 5) is 1.48. The molecule has 0 radical (unpaired) electrons. The summed E-state index contributed by atoms with van der Waals surface area (Å²) >= 11 is 0. The Hall–Kier alpha value is -1.69. The minimum atomic E-state index is 0.672. The number of nitrogens with one attached hydrogen (secondary N) is 1. The zero-order valence-corrected chi connectivity index (χ0v) is 10.5. The summed E-state index contributed by atoms with van der Waals surface area (Å²) in [7, 11) is 1.77. The number of aromatic nitrogens is 5. The molecule has 0 fully saturated rings. The molecule has 2 rings (SSSR count). The van der Waals surface area contributed by atoms with Gasteiger partial charge in [-0.15, -0.1) is 10.2 Å². The molecule has 2 aromatic heterocycles. The average Bonchev–Trinajstić information content (AvgIpc) is 2.86. The van der Waals surface area contributed by atoms with E-state index < -0.39 is 0 Å². The fraction of sp³-hybridized carbons (Fsp3) is 0.545. The first-order chi connectivity index (χ1) is 8.20. The summed E-state index contributed by atoms with van der Waals surface area (Å²) in [5, 5.41) is 15.3. The Labute approximate surface area is 101 Å². The van der Waals surface area contributed by atoms with Gasteiger partial charge in [0, 0.05) is 18.4 Å². The molecule has 6 heteroatoms. The van der Waals surface area contributed by atoms with E-state index in [1.165, 1.54) is 16.1 Å². The zero-order valence-electron chi connectivity index (χ0n) is 10.5. The lowest BCUT2D eigenvalue weighted by Gasteiger charge is -2.05. The highest BCUT2D eigenvalue weighted by atomic mass is 15.6. The lowest BCUT2D eigenvalue weighted by molar-refractivity contribution is 0.624. The van der Waals surface area contributed by atoms with Crippen molar-refractivity contribution in [1.82, 2.24) is 30.1 Å². The summed E-state index contributed by atoms with van der Waals surface area (Å²) in [6.45, 7) is 6.78. The number of hydrogen-bond donors (Lipinski definition) is 1. The van der Waals surface area contributed by atoms with Gasteiger partial charge in [-0.25, -0.2) is 0 Å². The van der Waals surface area contributed by atoms with Crippen LogP contribution in [0, 0.1) is 6.92 Å². The number of tetrazole rings is 1. The molecule has 0 bridgehead atoms. The first-order valence-electron chi connectivity index (χ1n) is 5.79. The van der Waals surface area contributed by atoms with E-state index in [0.717, 1.165) is 18.9 Å².